The molecular weight excluding hydrogens is 202 g/mol. The standard InChI is InChI=1S/C8H7N3O2S/c1-10-8(12)13-11-6(5-9)7-3-2-4-14-7/h2-4H,1H3,(H,10,12). The number of amides is 1. The Balaban J connectivity index is 2.74. The maximum absolute atomic E-state index is 10.7. The molecule has 0 bridgehead atoms. The Morgan fingerprint density at radius 1 is 1.79 bits per heavy atom. The van der Waals surface area contributed by atoms with Crippen LogP contribution in [0.25, 0.3) is 0 Å². The van der Waals surface area contributed by atoms with Crippen LogP contribution in [0.5, 0.6) is 0 Å². The molecule has 0 unspecified atom stereocenters. The molecule has 0 spiro atoms. The van der Waals surface area contributed by atoms with E-state index in [1.165, 1.54) is 18.4 Å². The van der Waals surface area contributed by atoms with E-state index in [9.17, 15) is 4.79 Å². The predicted octanol–water partition coefficient (Wildman–Crippen LogP) is 1.33. The summed E-state index contributed by atoms with van der Waals surface area (Å²) in [5.41, 5.74) is 0.0867. The van der Waals surface area contributed by atoms with Crippen molar-refractivity contribution in [1.82, 2.24) is 5.32 Å². The highest BCUT2D eigenvalue weighted by Crippen LogP contribution is 2.09. The third-order valence-electron chi connectivity index (χ3n) is 1.28. The van der Waals surface area contributed by atoms with Gasteiger partial charge in [0.15, 0.2) is 5.71 Å². The van der Waals surface area contributed by atoms with Gasteiger partial charge in [0.2, 0.25) is 0 Å². The number of hydrogen-bond acceptors (Lipinski definition) is 5. The molecule has 0 atom stereocenters. The van der Waals surface area contributed by atoms with E-state index in [0.717, 1.165) is 0 Å². The van der Waals surface area contributed by atoms with Crippen molar-refractivity contribution in [3.8, 4) is 6.07 Å². The minimum Gasteiger partial charge on any atom is -0.323 e. The van der Waals surface area contributed by atoms with E-state index in [2.05, 4.69) is 15.3 Å². The minimum absolute atomic E-state index is 0.0867. The van der Waals surface area contributed by atoms with E-state index in [0.29, 0.717) is 4.88 Å². The van der Waals surface area contributed by atoms with Gasteiger partial charge in [-0.05, 0) is 11.4 Å². The molecule has 72 valence electrons. The largest absolute Gasteiger partial charge is 0.433 e. The van der Waals surface area contributed by atoms with Gasteiger partial charge in [-0.2, -0.15) is 5.26 Å². The molecule has 0 radical (unpaired) electrons. The zero-order chi connectivity index (χ0) is 10.4. The van der Waals surface area contributed by atoms with E-state index in [1.54, 1.807) is 12.1 Å². The fourth-order valence-electron chi connectivity index (χ4n) is 0.667. The molecule has 0 fully saturated rings. The topological polar surface area (TPSA) is 74.5 Å². The normalized spacial score (nSPS) is 10.4. The first kappa shape index (κ1) is 10.2. The van der Waals surface area contributed by atoms with Crippen LogP contribution in [0.15, 0.2) is 22.7 Å². The molecule has 1 heterocycles. The van der Waals surface area contributed by atoms with Gasteiger partial charge in [0.05, 0.1) is 4.88 Å². The average molecular weight is 209 g/mol. The lowest BCUT2D eigenvalue weighted by atomic mass is 10.3. The molecule has 0 saturated carbocycles. The van der Waals surface area contributed by atoms with Gasteiger partial charge >= 0.3 is 6.09 Å². The first-order valence-corrected chi connectivity index (χ1v) is 4.56. The van der Waals surface area contributed by atoms with Gasteiger partial charge in [-0.25, -0.2) is 4.79 Å². The quantitative estimate of drug-likeness (QED) is 0.453. The summed E-state index contributed by atoms with van der Waals surface area (Å²) in [5, 5.41) is 16.1. The predicted molar refractivity (Wildman–Crippen MR) is 52.0 cm³/mol. The molecule has 0 aromatic carbocycles. The highest BCUT2D eigenvalue weighted by molar-refractivity contribution is 7.12. The number of oxime groups is 1. The first-order valence-electron chi connectivity index (χ1n) is 3.68. The lowest BCUT2D eigenvalue weighted by Gasteiger charge is -1.95. The van der Waals surface area contributed by atoms with Crippen molar-refractivity contribution in [2.75, 3.05) is 7.05 Å². The van der Waals surface area contributed by atoms with Gasteiger partial charge in [-0.1, -0.05) is 11.2 Å². The van der Waals surface area contributed by atoms with Crippen molar-refractivity contribution >= 4 is 23.1 Å². The lowest BCUT2D eigenvalue weighted by Crippen LogP contribution is -2.17. The van der Waals surface area contributed by atoms with Crippen LogP contribution in [0.3, 0.4) is 0 Å². The van der Waals surface area contributed by atoms with Crippen LogP contribution in [0.1, 0.15) is 4.88 Å². The SMILES string of the molecule is CNC(=O)ON=C(C#N)c1cccs1. The summed E-state index contributed by atoms with van der Waals surface area (Å²) in [5.74, 6) is 0. The fraction of sp³-hybridized carbons (Fsp3) is 0.125. The number of nitrogens with zero attached hydrogens (tertiary/aromatic N) is 2. The van der Waals surface area contributed by atoms with Gasteiger partial charge in [-0.15, -0.1) is 11.3 Å². The van der Waals surface area contributed by atoms with E-state index in [4.69, 9.17) is 5.26 Å². The van der Waals surface area contributed by atoms with Crippen LogP contribution in [-0.4, -0.2) is 18.9 Å². The second-order valence-electron chi connectivity index (χ2n) is 2.16. The zero-order valence-corrected chi connectivity index (χ0v) is 8.17. The smallest absolute Gasteiger partial charge is 0.323 e. The molecule has 5 nitrogen and oxygen atoms in total. The molecule has 1 aromatic heterocycles. The molecule has 1 rings (SSSR count). The van der Waals surface area contributed by atoms with Gasteiger partial charge in [0, 0.05) is 7.05 Å². The van der Waals surface area contributed by atoms with Crippen LogP contribution in [0.4, 0.5) is 4.79 Å². The Morgan fingerprint density at radius 3 is 3.07 bits per heavy atom. The molecule has 0 aliphatic rings. The molecule has 0 saturated heterocycles. The number of rotatable bonds is 2. The maximum atomic E-state index is 10.7. The van der Waals surface area contributed by atoms with Crippen molar-refractivity contribution in [3.63, 3.8) is 0 Å². The number of carbonyl (C=O) groups excluding carboxylic acids is 1. The van der Waals surface area contributed by atoms with Crippen LogP contribution < -0.4 is 5.32 Å². The second-order valence-corrected chi connectivity index (χ2v) is 3.11. The van der Waals surface area contributed by atoms with Crippen molar-refractivity contribution in [2.24, 2.45) is 5.16 Å². The summed E-state index contributed by atoms with van der Waals surface area (Å²) in [7, 11) is 1.41. The van der Waals surface area contributed by atoms with Crippen molar-refractivity contribution in [3.05, 3.63) is 22.4 Å². The summed E-state index contributed by atoms with van der Waals surface area (Å²) in [4.78, 5) is 15.7. The Kier molecular flexibility index (Phi) is 3.64. The lowest BCUT2D eigenvalue weighted by molar-refractivity contribution is 0.153. The van der Waals surface area contributed by atoms with E-state index in [1.807, 2.05) is 11.4 Å². The summed E-state index contributed by atoms with van der Waals surface area (Å²) >= 11 is 1.35. The van der Waals surface area contributed by atoms with Crippen molar-refractivity contribution < 1.29 is 9.63 Å². The molecule has 0 aliphatic carbocycles. The minimum atomic E-state index is -0.700. The van der Waals surface area contributed by atoms with Crippen molar-refractivity contribution in [2.45, 2.75) is 0 Å². The van der Waals surface area contributed by atoms with E-state index >= 15 is 0 Å². The van der Waals surface area contributed by atoms with Crippen LogP contribution in [-0.2, 0) is 4.84 Å². The van der Waals surface area contributed by atoms with E-state index < -0.39 is 6.09 Å². The summed E-state index contributed by atoms with van der Waals surface area (Å²) in [6.07, 6.45) is -0.700. The van der Waals surface area contributed by atoms with Crippen molar-refractivity contribution in [1.29, 1.82) is 5.26 Å². The van der Waals surface area contributed by atoms with Crippen LogP contribution in [0.2, 0.25) is 0 Å². The average Bonchev–Trinajstić information content (AvgIpc) is 2.72. The molecule has 14 heavy (non-hydrogen) atoms. The Bertz CT molecular complexity index is 378. The highest BCUT2D eigenvalue weighted by Gasteiger charge is 2.05. The molecule has 1 aromatic rings. The number of thiophene rings is 1. The molecular formula is C8H7N3O2S. The van der Waals surface area contributed by atoms with Crippen LogP contribution >= 0.6 is 11.3 Å². The van der Waals surface area contributed by atoms with Gasteiger partial charge in [0.1, 0.15) is 6.07 Å². The second kappa shape index (κ2) is 4.99. The molecule has 6 heteroatoms. The molecule has 1 N–H and O–H groups in total. The zero-order valence-electron chi connectivity index (χ0n) is 7.35. The van der Waals surface area contributed by atoms with E-state index in [-0.39, 0.29) is 5.71 Å². The maximum Gasteiger partial charge on any atom is 0.433 e. The number of hydrogen-bond donors (Lipinski definition) is 1. The monoisotopic (exact) mass is 209 g/mol. The first-order chi connectivity index (χ1) is 6.77. The fourth-order valence-corrected chi connectivity index (χ4v) is 1.32. The Morgan fingerprint density at radius 2 is 2.57 bits per heavy atom. The number of nitrogens with one attached hydrogen (secondary N) is 1. The third kappa shape index (κ3) is 2.57. The molecule has 1 amide bonds. The van der Waals surface area contributed by atoms with Crippen LogP contribution in [0, 0.1) is 11.3 Å². The number of nitriles is 1. The van der Waals surface area contributed by atoms with Gasteiger partial charge in [-0.3, -0.25) is 4.84 Å². The summed E-state index contributed by atoms with van der Waals surface area (Å²) in [6.45, 7) is 0. The summed E-state index contributed by atoms with van der Waals surface area (Å²) in [6, 6.07) is 5.35. The highest BCUT2D eigenvalue weighted by atomic mass is 32.1. The number of carbonyl (C=O) groups is 1. The third-order valence-corrected chi connectivity index (χ3v) is 2.16. The Hall–Kier alpha value is -1.87. The Labute approximate surface area is 84.6 Å². The molecule has 0 aliphatic heterocycles. The van der Waals surface area contributed by atoms with Gasteiger partial charge in [0.25, 0.3) is 0 Å². The van der Waals surface area contributed by atoms with Gasteiger partial charge < -0.3 is 5.32 Å². The summed E-state index contributed by atoms with van der Waals surface area (Å²) < 4.78 is 0.